The second kappa shape index (κ2) is 6.18. The number of amides is 1. The number of pyridine rings is 2. The van der Waals surface area contributed by atoms with E-state index in [1.165, 1.54) is 0 Å². The Kier molecular flexibility index (Phi) is 4.02. The fraction of sp³-hybridized carbons (Fsp3) is 0.471. The second-order valence-electron chi connectivity index (χ2n) is 6.57. The second-order valence-corrected chi connectivity index (χ2v) is 6.95. The number of nitrogen functional groups attached to an aromatic ring is 1. The zero-order chi connectivity index (χ0) is 16.7. The quantitative estimate of drug-likeness (QED) is 0.834. The molecular weight excluding hydrogens is 328 g/mol. The molecule has 126 valence electrons. The summed E-state index contributed by atoms with van der Waals surface area (Å²) in [7, 11) is 0. The molecule has 1 saturated carbocycles. The number of carbonyl (C=O) groups is 1. The molecule has 3 heterocycles. The van der Waals surface area contributed by atoms with Crippen molar-refractivity contribution in [2.45, 2.75) is 19.3 Å². The molecule has 2 aromatic heterocycles. The van der Waals surface area contributed by atoms with Crippen LogP contribution in [0.2, 0.25) is 5.15 Å². The zero-order valence-corrected chi connectivity index (χ0v) is 13.9. The zero-order valence-electron chi connectivity index (χ0n) is 13.2. The monoisotopic (exact) mass is 346 g/mol. The molecule has 7 heteroatoms. The van der Waals surface area contributed by atoms with E-state index in [2.05, 4.69) is 15.3 Å². The Morgan fingerprint density at radius 1 is 1.33 bits per heavy atom. The van der Waals surface area contributed by atoms with Crippen molar-refractivity contribution in [1.82, 2.24) is 9.97 Å². The maximum atomic E-state index is 12.5. The fourth-order valence-electron chi connectivity index (χ4n) is 3.61. The largest absolute Gasteiger partial charge is 0.383 e. The van der Waals surface area contributed by atoms with Gasteiger partial charge in [-0.1, -0.05) is 11.6 Å². The first-order chi connectivity index (χ1) is 11.6. The Morgan fingerprint density at radius 2 is 2.12 bits per heavy atom. The fourth-order valence-corrected chi connectivity index (χ4v) is 3.82. The lowest BCUT2D eigenvalue weighted by Gasteiger charge is -2.21. The van der Waals surface area contributed by atoms with Crippen molar-refractivity contribution in [3.8, 4) is 0 Å². The summed E-state index contributed by atoms with van der Waals surface area (Å²) in [5.74, 6) is 2.10. The maximum absolute atomic E-state index is 12.5. The van der Waals surface area contributed by atoms with Gasteiger partial charge in [-0.2, -0.15) is 0 Å². The molecule has 1 aliphatic heterocycles. The van der Waals surface area contributed by atoms with E-state index in [9.17, 15) is 4.79 Å². The molecule has 1 saturated heterocycles. The molecular formula is C17H19ClN4O2. The van der Waals surface area contributed by atoms with Crippen molar-refractivity contribution in [2.24, 2.45) is 17.8 Å². The predicted molar refractivity (Wildman–Crippen MR) is 92.7 cm³/mol. The third-order valence-electron chi connectivity index (χ3n) is 5.01. The smallest absolute Gasteiger partial charge is 0.228 e. The van der Waals surface area contributed by atoms with Gasteiger partial charge in [-0.25, -0.2) is 9.97 Å². The van der Waals surface area contributed by atoms with Crippen LogP contribution in [0.5, 0.6) is 0 Å². The molecule has 3 N–H and O–H groups in total. The van der Waals surface area contributed by atoms with Gasteiger partial charge in [-0.05, 0) is 48.6 Å². The molecule has 2 fully saturated rings. The molecule has 4 rings (SSSR count). The van der Waals surface area contributed by atoms with Crippen LogP contribution in [-0.4, -0.2) is 29.1 Å². The maximum Gasteiger partial charge on any atom is 0.228 e. The van der Waals surface area contributed by atoms with Gasteiger partial charge in [0.1, 0.15) is 16.8 Å². The first kappa shape index (κ1) is 15.6. The Balaban J connectivity index is 1.45. The van der Waals surface area contributed by atoms with Crippen LogP contribution in [-0.2, 0) is 9.53 Å². The highest BCUT2D eigenvalue weighted by Gasteiger charge is 2.47. The predicted octanol–water partition coefficient (Wildman–Crippen LogP) is 2.87. The minimum absolute atomic E-state index is 0.0477. The van der Waals surface area contributed by atoms with Crippen molar-refractivity contribution in [1.29, 1.82) is 0 Å². The average molecular weight is 347 g/mol. The molecule has 0 spiro atoms. The first-order valence-corrected chi connectivity index (χ1v) is 8.60. The number of anilines is 2. The average Bonchev–Trinajstić information content (AvgIpc) is 3.36. The van der Waals surface area contributed by atoms with Crippen molar-refractivity contribution < 1.29 is 9.53 Å². The Hall–Kier alpha value is -1.92. The van der Waals surface area contributed by atoms with Crippen LogP contribution in [0.3, 0.4) is 0 Å². The molecule has 0 unspecified atom stereocenters. The van der Waals surface area contributed by atoms with E-state index in [1.54, 1.807) is 18.3 Å². The number of rotatable bonds is 3. The number of carbonyl (C=O) groups excluding carboxylic acids is 1. The van der Waals surface area contributed by atoms with E-state index in [-0.39, 0.29) is 11.8 Å². The van der Waals surface area contributed by atoms with Gasteiger partial charge in [0.15, 0.2) is 0 Å². The summed E-state index contributed by atoms with van der Waals surface area (Å²) < 4.78 is 5.39. The minimum Gasteiger partial charge on any atom is -0.383 e. The third-order valence-corrected chi connectivity index (χ3v) is 5.21. The van der Waals surface area contributed by atoms with Gasteiger partial charge in [-0.15, -0.1) is 0 Å². The molecule has 2 atom stereocenters. The SMILES string of the molecule is Nc1nc(Cl)cc2cc(NC(=O)[C@@H]3C[C@H]3C3CCOCC3)ncc12. The van der Waals surface area contributed by atoms with Crippen LogP contribution in [0.15, 0.2) is 18.3 Å². The third kappa shape index (κ3) is 3.03. The topological polar surface area (TPSA) is 90.1 Å². The number of aromatic nitrogens is 2. The molecule has 2 aromatic rings. The molecule has 1 aliphatic carbocycles. The van der Waals surface area contributed by atoms with Crippen molar-refractivity contribution in [2.75, 3.05) is 24.3 Å². The van der Waals surface area contributed by atoms with E-state index in [4.69, 9.17) is 22.1 Å². The van der Waals surface area contributed by atoms with E-state index >= 15 is 0 Å². The molecule has 6 nitrogen and oxygen atoms in total. The van der Waals surface area contributed by atoms with Crippen LogP contribution in [0, 0.1) is 17.8 Å². The summed E-state index contributed by atoms with van der Waals surface area (Å²) >= 11 is 5.94. The number of nitrogens with two attached hydrogens (primary N) is 1. The van der Waals surface area contributed by atoms with Gasteiger partial charge in [-0.3, -0.25) is 4.79 Å². The molecule has 24 heavy (non-hydrogen) atoms. The number of hydrogen-bond donors (Lipinski definition) is 2. The van der Waals surface area contributed by atoms with Gasteiger partial charge in [0.25, 0.3) is 0 Å². The normalized spacial score (nSPS) is 24.0. The van der Waals surface area contributed by atoms with Gasteiger partial charge >= 0.3 is 0 Å². The summed E-state index contributed by atoms with van der Waals surface area (Å²) in [6.45, 7) is 1.63. The summed E-state index contributed by atoms with van der Waals surface area (Å²) in [4.78, 5) is 20.7. The number of nitrogens with one attached hydrogen (secondary N) is 1. The van der Waals surface area contributed by atoms with Crippen molar-refractivity contribution in [3.05, 3.63) is 23.5 Å². The number of fused-ring (bicyclic) bond motifs is 1. The van der Waals surface area contributed by atoms with Gasteiger partial charge in [0.2, 0.25) is 5.91 Å². The van der Waals surface area contributed by atoms with Crippen molar-refractivity contribution >= 4 is 39.9 Å². The van der Waals surface area contributed by atoms with Crippen LogP contribution >= 0.6 is 11.6 Å². The lowest BCUT2D eigenvalue weighted by molar-refractivity contribution is -0.117. The first-order valence-electron chi connectivity index (χ1n) is 8.22. The number of nitrogens with zero attached hydrogens (tertiary/aromatic N) is 2. The molecule has 2 aliphatic rings. The highest BCUT2D eigenvalue weighted by molar-refractivity contribution is 6.30. The van der Waals surface area contributed by atoms with Crippen molar-refractivity contribution in [3.63, 3.8) is 0 Å². The van der Waals surface area contributed by atoms with Gasteiger partial charge in [0, 0.05) is 30.7 Å². The summed E-state index contributed by atoms with van der Waals surface area (Å²) in [5, 5.41) is 4.78. The Morgan fingerprint density at radius 3 is 2.92 bits per heavy atom. The van der Waals surface area contributed by atoms with E-state index < -0.39 is 0 Å². The van der Waals surface area contributed by atoms with E-state index in [0.717, 1.165) is 43.2 Å². The minimum atomic E-state index is 0.0477. The highest BCUT2D eigenvalue weighted by atomic mass is 35.5. The van der Waals surface area contributed by atoms with Crippen LogP contribution < -0.4 is 11.1 Å². The molecule has 0 radical (unpaired) electrons. The number of ether oxygens (including phenoxy) is 1. The van der Waals surface area contributed by atoms with Crippen LogP contribution in [0.1, 0.15) is 19.3 Å². The lowest BCUT2D eigenvalue weighted by atomic mass is 9.93. The lowest BCUT2D eigenvalue weighted by Crippen LogP contribution is -2.21. The number of halogens is 1. The molecule has 0 bridgehead atoms. The van der Waals surface area contributed by atoms with E-state index in [1.807, 2.05) is 0 Å². The molecule has 1 amide bonds. The van der Waals surface area contributed by atoms with Gasteiger partial charge < -0.3 is 15.8 Å². The summed E-state index contributed by atoms with van der Waals surface area (Å²) in [6.07, 6.45) is 4.71. The van der Waals surface area contributed by atoms with E-state index in [0.29, 0.717) is 28.6 Å². The highest BCUT2D eigenvalue weighted by Crippen LogP contribution is 2.48. The van der Waals surface area contributed by atoms with Gasteiger partial charge in [0.05, 0.1) is 0 Å². The Labute approximate surface area is 144 Å². The van der Waals surface area contributed by atoms with Crippen LogP contribution in [0.25, 0.3) is 10.8 Å². The summed E-state index contributed by atoms with van der Waals surface area (Å²) in [6, 6.07) is 3.50. The van der Waals surface area contributed by atoms with Crippen LogP contribution in [0.4, 0.5) is 11.6 Å². The molecule has 0 aromatic carbocycles. The number of hydrogen-bond acceptors (Lipinski definition) is 5. The Bertz CT molecular complexity index is 791. The standard InChI is InChI=1S/C17H19ClN4O2/c18-14-5-10-6-15(20-8-13(10)16(19)21-14)22-17(23)12-7-11(12)9-1-3-24-4-2-9/h5-6,8-9,11-12H,1-4,7H2,(H2,19,21)(H,20,22,23)/t11-,12+/m0/s1. The summed E-state index contributed by atoms with van der Waals surface area (Å²) in [5.41, 5.74) is 5.83.